The third-order valence-electron chi connectivity index (χ3n) is 2.23. The fourth-order valence-electron chi connectivity index (χ4n) is 1.44. The van der Waals surface area contributed by atoms with Gasteiger partial charge < -0.3 is 16.0 Å². The molecular weight excluding hydrogens is 297 g/mol. The lowest BCUT2D eigenvalue weighted by atomic mass is 10.1. The van der Waals surface area contributed by atoms with Gasteiger partial charge in [0.1, 0.15) is 5.82 Å². The smallest absolute Gasteiger partial charge is 0.191 e. The Bertz CT molecular complexity index is 468. The summed E-state index contributed by atoms with van der Waals surface area (Å²) in [6.45, 7) is 7.59. The Morgan fingerprint density at radius 1 is 1.30 bits per heavy atom. The minimum atomic E-state index is -0.0314. The van der Waals surface area contributed by atoms with E-state index >= 15 is 0 Å². The Labute approximate surface area is 130 Å². The van der Waals surface area contributed by atoms with Crippen molar-refractivity contribution in [1.82, 2.24) is 15.6 Å². The molecule has 5 nitrogen and oxygen atoms in total. The molecule has 0 spiro atoms. The first-order valence-corrected chi connectivity index (χ1v) is 7.11. The highest BCUT2D eigenvalue weighted by atomic mass is 35.5. The van der Waals surface area contributed by atoms with Gasteiger partial charge in [-0.2, -0.15) is 0 Å². The average Bonchev–Trinajstić information content (AvgIpc) is 2.33. The van der Waals surface area contributed by atoms with E-state index in [1.165, 1.54) is 0 Å². The van der Waals surface area contributed by atoms with Gasteiger partial charge in [0, 0.05) is 31.9 Å². The van der Waals surface area contributed by atoms with E-state index in [4.69, 9.17) is 23.2 Å². The fourth-order valence-corrected chi connectivity index (χ4v) is 1.89. The summed E-state index contributed by atoms with van der Waals surface area (Å²) in [5.41, 5.74) is -0.0314. The van der Waals surface area contributed by atoms with E-state index in [9.17, 15) is 0 Å². The Morgan fingerprint density at radius 3 is 2.55 bits per heavy atom. The van der Waals surface area contributed by atoms with E-state index < -0.39 is 0 Å². The standard InChI is InChI=1S/C13H21Cl2N5/c1-13(2,3)20-12(16-4)18-6-5-17-11-10(15)7-9(14)8-19-11/h7-8H,5-6H2,1-4H3,(H,17,19)(H2,16,18,20). The predicted octanol–water partition coefficient (Wildman–Crippen LogP) is 2.76. The second kappa shape index (κ2) is 7.55. The van der Waals surface area contributed by atoms with Crippen molar-refractivity contribution in [3.8, 4) is 0 Å². The number of aromatic nitrogens is 1. The third-order valence-corrected chi connectivity index (χ3v) is 2.73. The first-order chi connectivity index (χ1) is 9.31. The maximum Gasteiger partial charge on any atom is 0.191 e. The average molecular weight is 318 g/mol. The summed E-state index contributed by atoms with van der Waals surface area (Å²) in [5.74, 6) is 1.38. The monoisotopic (exact) mass is 317 g/mol. The molecule has 0 saturated heterocycles. The van der Waals surface area contributed by atoms with Crippen LogP contribution in [0.3, 0.4) is 0 Å². The molecule has 0 fully saturated rings. The Hall–Kier alpha value is -1.20. The van der Waals surface area contributed by atoms with E-state index in [0.717, 1.165) is 5.96 Å². The molecule has 0 aromatic carbocycles. The van der Waals surface area contributed by atoms with Gasteiger partial charge in [0.2, 0.25) is 0 Å². The van der Waals surface area contributed by atoms with Gasteiger partial charge in [0.25, 0.3) is 0 Å². The molecule has 0 aliphatic heterocycles. The SMILES string of the molecule is CN=C(NCCNc1ncc(Cl)cc1Cl)NC(C)(C)C. The van der Waals surface area contributed by atoms with Gasteiger partial charge in [-0.1, -0.05) is 23.2 Å². The van der Waals surface area contributed by atoms with Crippen LogP contribution in [0.2, 0.25) is 10.0 Å². The zero-order chi connectivity index (χ0) is 15.2. The Kier molecular flexibility index (Phi) is 6.36. The number of nitrogens with one attached hydrogen (secondary N) is 3. The van der Waals surface area contributed by atoms with Gasteiger partial charge in [-0.25, -0.2) is 4.98 Å². The number of hydrogen-bond acceptors (Lipinski definition) is 3. The lowest BCUT2D eigenvalue weighted by molar-refractivity contribution is 0.502. The molecule has 112 valence electrons. The molecule has 0 amide bonds. The fraction of sp³-hybridized carbons (Fsp3) is 0.538. The normalized spacial score (nSPS) is 12.2. The van der Waals surface area contributed by atoms with Gasteiger partial charge in [-0.15, -0.1) is 0 Å². The maximum absolute atomic E-state index is 6.02. The number of hydrogen-bond donors (Lipinski definition) is 3. The highest BCUT2D eigenvalue weighted by molar-refractivity contribution is 6.35. The minimum Gasteiger partial charge on any atom is -0.367 e. The number of pyridine rings is 1. The number of rotatable bonds is 4. The first kappa shape index (κ1) is 16.9. The quantitative estimate of drug-likeness (QED) is 0.454. The van der Waals surface area contributed by atoms with Crippen molar-refractivity contribution in [2.45, 2.75) is 26.3 Å². The minimum absolute atomic E-state index is 0.0314. The van der Waals surface area contributed by atoms with Gasteiger partial charge >= 0.3 is 0 Å². The van der Waals surface area contributed by atoms with Crippen LogP contribution in [-0.2, 0) is 0 Å². The first-order valence-electron chi connectivity index (χ1n) is 6.35. The maximum atomic E-state index is 6.02. The highest BCUT2D eigenvalue weighted by Gasteiger charge is 2.11. The van der Waals surface area contributed by atoms with E-state index in [-0.39, 0.29) is 5.54 Å². The van der Waals surface area contributed by atoms with Crippen LogP contribution in [0.15, 0.2) is 17.3 Å². The van der Waals surface area contributed by atoms with Crippen molar-refractivity contribution < 1.29 is 0 Å². The number of aliphatic imine (C=N–C) groups is 1. The van der Waals surface area contributed by atoms with Crippen LogP contribution in [0.4, 0.5) is 5.82 Å². The van der Waals surface area contributed by atoms with Crippen molar-refractivity contribution in [2.75, 3.05) is 25.5 Å². The van der Waals surface area contributed by atoms with Gasteiger partial charge in [-0.05, 0) is 26.8 Å². The summed E-state index contributed by atoms with van der Waals surface area (Å²) in [4.78, 5) is 8.28. The molecule has 0 radical (unpaired) electrons. The molecule has 0 bridgehead atoms. The van der Waals surface area contributed by atoms with E-state index in [1.807, 2.05) is 0 Å². The largest absolute Gasteiger partial charge is 0.367 e. The molecular formula is C13H21Cl2N5. The number of guanidine groups is 1. The zero-order valence-electron chi connectivity index (χ0n) is 12.2. The van der Waals surface area contributed by atoms with Crippen LogP contribution in [-0.4, -0.2) is 36.6 Å². The lowest BCUT2D eigenvalue weighted by Crippen LogP contribution is -2.48. The van der Waals surface area contributed by atoms with Gasteiger partial charge in [-0.3, -0.25) is 4.99 Å². The molecule has 0 aliphatic carbocycles. The molecule has 0 aliphatic rings. The number of nitrogens with zero attached hydrogens (tertiary/aromatic N) is 2. The lowest BCUT2D eigenvalue weighted by Gasteiger charge is -2.23. The topological polar surface area (TPSA) is 61.3 Å². The molecule has 1 aromatic rings. The highest BCUT2D eigenvalue weighted by Crippen LogP contribution is 2.21. The molecule has 0 unspecified atom stereocenters. The van der Waals surface area contributed by atoms with Crippen molar-refractivity contribution in [3.05, 3.63) is 22.3 Å². The van der Waals surface area contributed by atoms with Gasteiger partial charge in [0.05, 0.1) is 10.0 Å². The summed E-state index contributed by atoms with van der Waals surface area (Å²) in [7, 11) is 1.74. The third kappa shape index (κ3) is 6.30. The number of anilines is 1. The molecule has 20 heavy (non-hydrogen) atoms. The Balaban J connectivity index is 2.37. The molecule has 0 atom stereocenters. The number of halogens is 2. The van der Waals surface area contributed by atoms with Crippen LogP contribution in [0.5, 0.6) is 0 Å². The second-order valence-corrected chi connectivity index (χ2v) is 6.13. The van der Waals surface area contributed by atoms with E-state index in [1.54, 1.807) is 19.3 Å². The van der Waals surface area contributed by atoms with Crippen molar-refractivity contribution >= 4 is 35.0 Å². The molecule has 1 heterocycles. The van der Waals surface area contributed by atoms with Crippen LogP contribution in [0.25, 0.3) is 0 Å². The van der Waals surface area contributed by atoms with Crippen LogP contribution in [0, 0.1) is 0 Å². The van der Waals surface area contributed by atoms with Crippen molar-refractivity contribution in [2.24, 2.45) is 4.99 Å². The summed E-state index contributed by atoms with van der Waals surface area (Å²) >= 11 is 11.8. The second-order valence-electron chi connectivity index (χ2n) is 5.28. The van der Waals surface area contributed by atoms with Crippen LogP contribution in [0.1, 0.15) is 20.8 Å². The van der Waals surface area contributed by atoms with E-state index in [0.29, 0.717) is 29.0 Å². The molecule has 1 rings (SSSR count). The summed E-state index contributed by atoms with van der Waals surface area (Å²) in [6, 6.07) is 1.66. The summed E-state index contributed by atoms with van der Waals surface area (Å²) in [6.07, 6.45) is 1.56. The zero-order valence-corrected chi connectivity index (χ0v) is 13.7. The molecule has 7 heteroatoms. The molecule has 0 saturated carbocycles. The van der Waals surface area contributed by atoms with Gasteiger partial charge in [0.15, 0.2) is 5.96 Å². The van der Waals surface area contributed by atoms with Crippen molar-refractivity contribution in [1.29, 1.82) is 0 Å². The Morgan fingerprint density at radius 2 is 2.00 bits per heavy atom. The van der Waals surface area contributed by atoms with E-state index in [2.05, 4.69) is 46.7 Å². The summed E-state index contributed by atoms with van der Waals surface area (Å²) in [5, 5.41) is 10.6. The molecule has 1 aromatic heterocycles. The van der Waals surface area contributed by atoms with Crippen LogP contribution >= 0.6 is 23.2 Å². The summed E-state index contributed by atoms with van der Waals surface area (Å²) < 4.78 is 0. The predicted molar refractivity (Wildman–Crippen MR) is 87.0 cm³/mol. The van der Waals surface area contributed by atoms with Crippen LogP contribution < -0.4 is 16.0 Å². The molecule has 3 N–H and O–H groups in total. The van der Waals surface area contributed by atoms with Crippen molar-refractivity contribution in [3.63, 3.8) is 0 Å².